The molecule has 2 N–H and O–H groups in total. The molecule has 0 aliphatic carbocycles. The largest absolute Gasteiger partial charge is 0.479 e. The second-order valence-corrected chi connectivity index (χ2v) is 9.86. The Balaban J connectivity index is 1.92. The van der Waals surface area contributed by atoms with Crippen LogP contribution in [-0.2, 0) is 19.7 Å². The number of aliphatic carboxylic acids is 1. The number of nitrogens with zero attached hydrogens (tertiary/aromatic N) is 2. The van der Waals surface area contributed by atoms with Crippen molar-refractivity contribution in [3.63, 3.8) is 0 Å². The van der Waals surface area contributed by atoms with Gasteiger partial charge in [-0.05, 0) is 48.7 Å². The molecule has 1 saturated heterocycles. The Hall–Kier alpha value is -3.30. The van der Waals surface area contributed by atoms with Crippen LogP contribution in [0.15, 0.2) is 30.5 Å². The second kappa shape index (κ2) is 8.42. The number of fused-ring (bicyclic) bond motifs is 2. The molecule has 9 heteroatoms. The van der Waals surface area contributed by atoms with Gasteiger partial charge in [-0.3, -0.25) is 5.10 Å². The van der Waals surface area contributed by atoms with Gasteiger partial charge in [-0.25, -0.2) is 13.6 Å². The van der Waals surface area contributed by atoms with Gasteiger partial charge < -0.3 is 19.1 Å². The lowest BCUT2D eigenvalue weighted by molar-refractivity contribution is -0.147. The number of aromatic nitrogens is 3. The quantitative estimate of drug-likeness (QED) is 0.404. The summed E-state index contributed by atoms with van der Waals surface area (Å²) in [6, 6.07) is 6.65. The molecular formula is C26H27F2N3O4. The molecule has 0 bridgehead atoms. The summed E-state index contributed by atoms with van der Waals surface area (Å²) in [5, 5.41) is 17.3. The number of aryl methyl sites for hydroxylation is 1. The summed E-state index contributed by atoms with van der Waals surface area (Å²) in [5.41, 5.74) is 2.86. The van der Waals surface area contributed by atoms with Crippen molar-refractivity contribution in [2.24, 2.45) is 0 Å². The number of ether oxygens (including phenoxy) is 2. The van der Waals surface area contributed by atoms with Gasteiger partial charge in [0.05, 0.1) is 24.9 Å². The smallest absolute Gasteiger partial charge is 0.332 e. The number of carbonyl (C=O) groups is 1. The third-order valence-electron chi connectivity index (χ3n) is 6.87. The molecule has 0 radical (unpaired) electrons. The molecule has 35 heavy (non-hydrogen) atoms. The fourth-order valence-corrected chi connectivity index (χ4v) is 5.36. The van der Waals surface area contributed by atoms with Crippen molar-refractivity contribution >= 4 is 27.8 Å². The zero-order valence-electron chi connectivity index (χ0n) is 20.0. The van der Waals surface area contributed by atoms with Crippen molar-refractivity contribution < 1.29 is 28.2 Å². The summed E-state index contributed by atoms with van der Waals surface area (Å²) in [6.07, 6.45) is 0.806. The number of aromatic amines is 1. The summed E-state index contributed by atoms with van der Waals surface area (Å²) < 4.78 is 43.5. The number of hydrogen-bond acceptors (Lipinski definition) is 4. The number of carboxylic acid groups (broad SMARTS) is 1. The van der Waals surface area contributed by atoms with Crippen LogP contribution in [-0.4, -0.2) is 52.3 Å². The molecule has 2 aromatic heterocycles. The van der Waals surface area contributed by atoms with Crippen LogP contribution < -0.4 is 0 Å². The highest BCUT2D eigenvalue weighted by Crippen LogP contribution is 2.46. The minimum absolute atomic E-state index is 0.148. The normalized spacial score (nSPS) is 18.7. The Labute approximate surface area is 200 Å². The van der Waals surface area contributed by atoms with Crippen LogP contribution in [0.3, 0.4) is 0 Å². The minimum Gasteiger partial charge on any atom is -0.479 e. The SMILES string of the molecule is COCC(C)(C)c1c([C@@H]2CO[C@@H](C(=O)O)C2)c2c(F)c3[nH]ncc3cc2n1-c1ccc(F)c(C)c1. The number of H-pyrrole nitrogens is 1. The topological polar surface area (TPSA) is 89.4 Å². The average Bonchev–Trinajstić information content (AvgIpc) is 3.52. The van der Waals surface area contributed by atoms with Crippen molar-refractivity contribution in [2.45, 2.75) is 44.6 Å². The molecule has 2 aromatic carbocycles. The monoisotopic (exact) mass is 483 g/mol. The number of nitrogens with one attached hydrogen (secondary N) is 1. The van der Waals surface area contributed by atoms with Gasteiger partial charge in [-0.2, -0.15) is 5.10 Å². The standard InChI is InChI=1S/C26H27F2N3O4/c1-13-7-16(5-6-17(13)27)31-18-8-14-10-29-30-23(14)22(28)21(18)20(24(31)26(2,3)12-34-4)15-9-19(25(32)33)35-11-15/h5-8,10,15,19H,9,11-12H2,1-4H3,(H,29,30)(H,32,33)/t15-,19+/m0/s1. The number of halogens is 2. The summed E-state index contributed by atoms with van der Waals surface area (Å²) in [4.78, 5) is 11.7. The Bertz CT molecular complexity index is 1460. The minimum atomic E-state index is -1.04. The molecule has 1 aliphatic heterocycles. The second-order valence-electron chi connectivity index (χ2n) is 9.86. The highest BCUT2D eigenvalue weighted by molar-refractivity contribution is 6.00. The van der Waals surface area contributed by atoms with Gasteiger partial charge in [0.25, 0.3) is 0 Å². The molecule has 0 unspecified atom stereocenters. The van der Waals surface area contributed by atoms with E-state index >= 15 is 4.39 Å². The third-order valence-corrected chi connectivity index (χ3v) is 6.87. The third kappa shape index (κ3) is 3.70. The summed E-state index contributed by atoms with van der Waals surface area (Å²) in [7, 11) is 1.60. The van der Waals surface area contributed by atoms with E-state index in [-0.39, 0.29) is 30.3 Å². The maximum Gasteiger partial charge on any atom is 0.332 e. The lowest BCUT2D eigenvalue weighted by Gasteiger charge is -2.29. The average molecular weight is 484 g/mol. The van der Waals surface area contributed by atoms with Crippen molar-refractivity contribution in [2.75, 3.05) is 20.3 Å². The highest BCUT2D eigenvalue weighted by Gasteiger charge is 2.40. The Morgan fingerprint density at radius 1 is 1.34 bits per heavy atom. The fraction of sp³-hybridized carbons (Fsp3) is 0.385. The van der Waals surface area contributed by atoms with Gasteiger partial charge in [0.15, 0.2) is 11.9 Å². The van der Waals surface area contributed by atoms with E-state index in [4.69, 9.17) is 9.47 Å². The molecule has 0 amide bonds. The van der Waals surface area contributed by atoms with Crippen LogP contribution >= 0.6 is 0 Å². The Kier molecular flexibility index (Phi) is 5.64. The van der Waals surface area contributed by atoms with Crippen molar-refractivity contribution in [3.05, 3.63) is 58.9 Å². The van der Waals surface area contributed by atoms with Crippen LogP contribution in [0.5, 0.6) is 0 Å². The molecular weight excluding hydrogens is 456 g/mol. The molecule has 7 nitrogen and oxygen atoms in total. The van der Waals surface area contributed by atoms with Gasteiger partial charge in [0, 0.05) is 40.6 Å². The van der Waals surface area contributed by atoms with Gasteiger partial charge in [0.1, 0.15) is 11.3 Å². The van der Waals surface area contributed by atoms with E-state index in [1.54, 1.807) is 32.4 Å². The predicted molar refractivity (Wildman–Crippen MR) is 127 cm³/mol. The van der Waals surface area contributed by atoms with Gasteiger partial charge in [-0.15, -0.1) is 0 Å². The molecule has 2 atom stereocenters. The number of methoxy groups -OCH3 is 1. The molecule has 5 rings (SSSR count). The van der Waals surface area contributed by atoms with Crippen molar-refractivity contribution in [1.29, 1.82) is 0 Å². The summed E-state index contributed by atoms with van der Waals surface area (Å²) >= 11 is 0. The summed E-state index contributed by atoms with van der Waals surface area (Å²) in [6.45, 7) is 6.15. The van der Waals surface area contributed by atoms with E-state index in [0.29, 0.717) is 39.7 Å². The number of benzene rings is 2. The molecule has 0 saturated carbocycles. The maximum atomic E-state index is 16.2. The first kappa shape index (κ1) is 23.4. The van der Waals surface area contributed by atoms with Gasteiger partial charge in [0.2, 0.25) is 0 Å². The number of rotatable bonds is 6. The first-order chi connectivity index (χ1) is 16.6. The predicted octanol–water partition coefficient (Wildman–Crippen LogP) is 4.97. The zero-order chi connectivity index (χ0) is 25.1. The molecule has 184 valence electrons. The van der Waals surface area contributed by atoms with E-state index in [1.165, 1.54) is 6.07 Å². The van der Waals surface area contributed by atoms with Crippen LogP contribution in [0.2, 0.25) is 0 Å². The van der Waals surface area contributed by atoms with E-state index in [1.807, 2.05) is 24.5 Å². The van der Waals surface area contributed by atoms with E-state index in [9.17, 15) is 14.3 Å². The van der Waals surface area contributed by atoms with Crippen molar-refractivity contribution in [3.8, 4) is 5.69 Å². The molecule has 1 fully saturated rings. The fourth-order valence-electron chi connectivity index (χ4n) is 5.36. The number of hydrogen-bond donors (Lipinski definition) is 2. The van der Waals surface area contributed by atoms with Crippen LogP contribution in [0, 0.1) is 18.6 Å². The van der Waals surface area contributed by atoms with E-state index in [0.717, 1.165) is 5.69 Å². The van der Waals surface area contributed by atoms with E-state index < -0.39 is 23.3 Å². The number of carboxylic acids is 1. The maximum absolute atomic E-state index is 16.2. The molecule has 3 heterocycles. The molecule has 1 aliphatic rings. The van der Waals surface area contributed by atoms with E-state index in [2.05, 4.69) is 10.2 Å². The summed E-state index contributed by atoms with van der Waals surface area (Å²) in [5.74, 6) is -2.20. The lowest BCUT2D eigenvalue weighted by atomic mass is 9.82. The first-order valence-corrected chi connectivity index (χ1v) is 11.4. The Morgan fingerprint density at radius 2 is 2.11 bits per heavy atom. The van der Waals surface area contributed by atoms with Crippen LogP contribution in [0.25, 0.3) is 27.5 Å². The molecule has 0 spiro atoms. The molecule has 4 aromatic rings. The zero-order valence-corrected chi connectivity index (χ0v) is 20.0. The van der Waals surface area contributed by atoms with Crippen molar-refractivity contribution in [1.82, 2.24) is 14.8 Å². The van der Waals surface area contributed by atoms with Gasteiger partial charge >= 0.3 is 5.97 Å². The Morgan fingerprint density at radius 3 is 2.77 bits per heavy atom. The first-order valence-electron chi connectivity index (χ1n) is 11.4. The lowest BCUT2D eigenvalue weighted by Crippen LogP contribution is -2.29. The van der Waals surface area contributed by atoms with Crippen LogP contribution in [0.4, 0.5) is 8.78 Å². The van der Waals surface area contributed by atoms with Gasteiger partial charge in [-0.1, -0.05) is 13.8 Å². The van der Waals surface area contributed by atoms with Crippen LogP contribution in [0.1, 0.15) is 43.0 Å². The highest BCUT2D eigenvalue weighted by atomic mass is 19.1.